The fourth-order valence-electron chi connectivity index (χ4n) is 10.9. The first-order chi connectivity index (χ1) is 40.0. The fraction of sp³-hybridized carbons (Fsp3) is 0.746. The average Bonchev–Trinajstić information content (AvgIpc) is 3.56. The Balaban J connectivity index is 1.27. The summed E-state index contributed by atoms with van der Waals surface area (Å²) in [6.45, 7) is 10.1. The van der Waals surface area contributed by atoms with Crippen LogP contribution in [0.5, 0.6) is 0 Å². The molecule has 0 spiro atoms. The molecule has 2 aliphatic heterocycles. The molecule has 0 aromatic heterocycles. The maximum absolute atomic E-state index is 14.0. The Bertz CT molecular complexity index is 2000. The Labute approximate surface area is 494 Å². The summed E-state index contributed by atoms with van der Waals surface area (Å²) < 4.78 is 37.8. The number of benzene rings is 2. The number of carbonyl (C=O) groups is 5. The minimum Gasteiger partial charge on any atom is -0.459 e. The predicted octanol–water partition coefficient (Wildman–Crippen LogP) is 13.5. The quantitative estimate of drug-likeness (QED) is 0.0365. The molecular weight excluding hydrogens is 1040 g/mol. The molecule has 0 saturated carbocycles. The van der Waals surface area contributed by atoms with Crippen LogP contribution in [0.15, 0.2) is 60.7 Å². The maximum atomic E-state index is 14.0. The lowest BCUT2D eigenvalue weighted by Crippen LogP contribution is -2.68. The highest BCUT2D eigenvalue weighted by molar-refractivity contribution is 5.91. The number of hydrogen-bond acceptors (Lipinski definition) is 11. The van der Waals surface area contributed by atoms with E-state index in [0.29, 0.717) is 13.2 Å². The van der Waals surface area contributed by atoms with Crippen LogP contribution in [-0.2, 0) is 59.0 Å². The molecule has 2 heterocycles. The Morgan fingerprint density at radius 1 is 0.598 bits per heavy atom. The molecular formula is C67H110N4O11. The molecule has 15 nitrogen and oxygen atoms in total. The van der Waals surface area contributed by atoms with Gasteiger partial charge in [0.25, 0.3) is 0 Å². The summed E-state index contributed by atoms with van der Waals surface area (Å²) in [4.78, 5) is 67.4. The molecule has 4 N–H and O–H groups in total. The van der Waals surface area contributed by atoms with Crippen LogP contribution in [0.1, 0.15) is 258 Å². The zero-order valence-corrected chi connectivity index (χ0v) is 51.4. The number of amides is 4. The van der Waals surface area contributed by atoms with Crippen LogP contribution < -0.4 is 21.3 Å². The van der Waals surface area contributed by atoms with Crippen molar-refractivity contribution in [2.24, 2.45) is 0 Å². The van der Waals surface area contributed by atoms with E-state index in [1.807, 2.05) is 60.7 Å². The van der Waals surface area contributed by atoms with E-state index in [-0.39, 0.29) is 37.9 Å². The molecule has 0 aliphatic carbocycles. The maximum Gasteiger partial charge on any atom is 0.328 e. The van der Waals surface area contributed by atoms with E-state index < -0.39 is 72.9 Å². The lowest BCUT2D eigenvalue weighted by atomic mass is 9.95. The number of nitrogens with one attached hydrogen (secondary N) is 4. The van der Waals surface area contributed by atoms with Crippen LogP contribution in [0, 0.1) is 0 Å². The molecule has 4 rings (SSSR count). The first kappa shape index (κ1) is 70.1. The Morgan fingerprint density at radius 3 is 1.62 bits per heavy atom. The summed E-state index contributed by atoms with van der Waals surface area (Å²) in [5.74, 6) is -2.52. The number of fused-ring (bicyclic) bond motifs is 1. The molecule has 82 heavy (non-hydrogen) atoms. The summed E-state index contributed by atoms with van der Waals surface area (Å²) in [6, 6.07) is 15.5. The molecule has 464 valence electrons. The van der Waals surface area contributed by atoms with Gasteiger partial charge >= 0.3 is 5.97 Å². The van der Waals surface area contributed by atoms with Crippen LogP contribution in [0.2, 0.25) is 0 Å². The number of unbranched alkanes of at least 4 members (excludes halogenated alkanes) is 28. The van der Waals surface area contributed by atoms with Gasteiger partial charge in [-0.15, -0.1) is 0 Å². The largest absolute Gasteiger partial charge is 0.459 e. The van der Waals surface area contributed by atoms with Crippen LogP contribution in [-0.4, -0.2) is 98.2 Å². The smallest absolute Gasteiger partial charge is 0.328 e. The summed E-state index contributed by atoms with van der Waals surface area (Å²) in [7, 11) is 0. The SMILES string of the molecule is CCCCCCCCCCCCCCCCCCNC(=O)CC[C@@H](NC(=O)[C@H](C)NC(=O)C(C)O[C@@H]1[C@@H](NC(C)=O)[C@H](OCCCCCCCCCCCCCCCC)O[C@@H]2COC(c3ccccc3)O[C@@H]12)C(=O)OCc1ccccc1. The second-order valence-corrected chi connectivity index (χ2v) is 23.2. The van der Waals surface area contributed by atoms with Crippen molar-refractivity contribution in [3.63, 3.8) is 0 Å². The summed E-state index contributed by atoms with van der Waals surface area (Å²) in [6.07, 6.45) is 32.4. The second-order valence-electron chi connectivity index (χ2n) is 23.2. The van der Waals surface area contributed by atoms with Gasteiger partial charge in [0, 0.05) is 32.1 Å². The van der Waals surface area contributed by atoms with Gasteiger partial charge in [-0.25, -0.2) is 4.79 Å². The van der Waals surface area contributed by atoms with Crippen molar-refractivity contribution in [1.82, 2.24) is 21.3 Å². The van der Waals surface area contributed by atoms with E-state index >= 15 is 0 Å². The minimum absolute atomic E-state index is 0.00247. The molecule has 4 amide bonds. The van der Waals surface area contributed by atoms with Crippen LogP contribution in [0.3, 0.4) is 0 Å². The van der Waals surface area contributed by atoms with Gasteiger partial charge in [-0.1, -0.05) is 254 Å². The molecule has 2 unspecified atom stereocenters. The van der Waals surface area contributed by atoms with E-state index in [1.54, 1.807) is 6.92 Å². The fourth-order valence-corrected chi connectivity index (χ4v) is 10.9. The lowest BCUT2D eigenvalue weighted by molar-refractivity contribution is -0.350. The highest BCUT2D eigenvalue weighted by Gasteiger charge is 2.52. The van der Waals surface area contributed by atoms with Gasteiger partial charge in [0.05, 0.1) is 6.61 Å². The Morgan fingerprint density at radius 2 is 1.10 bits per heavy atom. The first-order valence-corrected chi connectivity index (χ1v) is 32.6. The highest BCUT2D eigenvalue weighted by Crippen LogP contribution is 2.36. The molecule has 2 saturated heterocycles. The molecule has 2 aliphatic rings. The molecule has 15 heteroatoms. The van der Waals surface area contributed by atoms with E-state index in [0.717, 1.165) is 49.7 Å². The predicted molar refractivity (Wildman–Crippen MR) is 324 cm³/mol. The van der Waals surface area contributed by atoms with E-state index in [2.05, 4.69) is 35.1 Å². The molecule has 0 radical (unpaired) electrons. The van der Waals surface area contributed by atoms with Gasteiger partial charge in [-0.3, -0.25) is 19.2 Å². The van der Waals surface area contributed by atoms with E-state index in [4.69, 9.17) is 28.4 Å². The van der Waals surface area contributed by atoms with E-state index in [9.17, 15) is 24.0 Å². The normalized spacial score (nSPS) is 19.8. The summed E-state index contributed by atoms with van der Waals surface area (Å²) in [5.41, 5.74) is 1.55. The second kappa shape index (κ2) is 44.1. The van der Waals surface area contributed by atoms with Crippen molar-refractivity contribution >= 4 is 29.6 Å². The number of hydrogen-bond donors (Lipinski definition) is 4. The Hall–Kier alpha value is -4.41. The summed E-state index contributed by atoms with van der Waals surface area (Å²) >= 11 is 0. The van der Waals surface area contributed by atoms with Crippen LogP contribution in [0.25, 0.3) is 0 Å². The van der Waals surface area contributed by atoms with Crippen molar-refractivity contribution in [2.75, 3.05) is 19.8 Å². The molecule has 0 bridgehead atoms. The van der Waals surface area contributed by atoms with Crippen molar-refractivity contribution in [1.29, 1.82) is 0 Å². The molecule has 2 aromatic carbocycles. The van der Waals surface area contributed by atoms with Crippen LogP contribution in [0.4, 0.5) is 0 Å². The third kappa shape index (κ3) is 29.9. The van der Waals surface area contributed by atoms with Gasteiger partial charge in [0.2, 0.25) is 23.6 Å². The minimum atomic E-state index is -1.16. The number of ether oxygens (including phenoxy) is 6. The number of rotatable bonds is 47. The lowest BCUT2D eigenvalue weighted by Gasteiger charge is -2.49. The molecule has 2 fully saturated rings. The van der Waals surface area contributed by atoms with Crippen molar-refractivity contribution < 1.29 is 52.4 Å². The van der Waals surface area contributed by atoms with Gasteiger partial charge < -0.3 is 49.7 Å². The number of carbonyl (C=O) groups excluding carboxylic acids is 5. The van der Waals surface area contributed by atoms with Crippen molar-refractivity contribution in [2.45, 2.75) is 302 Å². The van der Waals surface area contributed by atoms with E-state index in [1.165, 1.54) is 168 Å². The zero-order chi connectivity index (χ0) is 58.8. The highest BCUT2D eigenvalue weighted by atomic mass is 16.8. The Kier molecular flexibility index (Phi) is 37.7. The first-order valence-electron chi connectivity index (χ1n) is 32.6. The number of esters is 1. The van der Waals surface area contributed by atoms with Gasteiger partial charge in [0.15, 0.2) is 12.6 Å². The van der Waals surface area contributed by atoms with Gasteiger partial charge in [-0.2, -0.15) is 0 Å². The molecule has 9 atom stereocenters. The van der Waals surface area contributed by atoms with Crippen molar-refractivity contribution in [3.8, 4) is 0 Å². The molecule has 2 aromatic rings. The monoisotopic (exact) mass is 1150 g/mol. The topological polar surface area (TPSA) is 189 Å². The van der Waals surface area contributed by atoms with Gasteiger partial charge in [0.1, 0.15) is 49.1 Å². The third-order valence-corrected chi connectivity index (χ3v) is 15.9. The third-order valence-electron chi connectivity index (χ3n) is 15.9. The standard InChI is InChI=1S/C67H110N4O11/c1-6-8-10-12-14-16-18-20-22-23-24-26-28-30-32-40-48-68-59(73)47-46-57(65(76)78-50-55-42-36-34-37-43-55)71-63(74)52(3)69-64(75)53(4)80-62-60(70-54(5)72)67(81-58-51-79-66(82-61(58)62)56-44-38-35-39-45-56)77-49-41-33-31-29-27-25-21-19-17-15-13-11-9-7-2/h34-39,42-45,52-53,57-58,60-62,66-67H,6-33,40-41,46-51H2,1-5H3,(H,68,73)(H,69,75)(H,70,72)(H,71,74)/t52-,53?,57+,58+,60+,61+,62+,66?,67+/m0/s1. The average molecular weight is 1150 g/mol. The van der Waals surface area contributed by atoms with Crippen molar-refractivity contribution in [3.05, 3.63) is 71.8 Å². The van der Waals surface area contributed by atoms with Crippen LogP contribution >= 0.6 is 0 Å². The summed E-state index contributed by atoms with van der Waals surface area (Å²) in [5, 5.41) is 11.4. The zero-order valence-electron chi connectivity index (χ0n) is 51.4. The van der Waals surface area contributed by atoms with Gasteiger partial charge in [-0.05, 0) is 38.7 Å².